The molecule has 1 amide bonds. The molecule has 0 aromatic carbocycles. The number of carbonyl (C=O) groups excluding carboxylic acids is 1. The Morgan fingerprint density at radius 2 is 2.09 bits per heavy atom. The van der Waals surface area contributed by atoms with E-state index >= 15 is 0 Å². The highest BCUT2D eigenvalue weighted by atomic mass is 19.4. The number of hydrogen-bond donors (Lipinski definition) is 3. The molecule has 0 radical (unpaired) electrons. The van der Waals surface area contributed by atoms with Gasteiger partial charge in [0.05, 0.1) is 36.6 Å². The maximum Gasteiger partial charge on any atom is 0.421 e. The molecule has 1 atom stereocenters. The number of aryl methyl sites for hydroxylation is 1. The van der Waals surface area contributed by atoms with Crippen molar-refractivity contribution in [1.82, 2.24) is 30.0 Å². The van der Waals surface area contributed by atoms with Gasteiger partial charge in [-0.2, -0.15) is 23.3 Å². The summed E-state index contributed by atoms with van der Waals surface area (Å²) in [5.41, 5.74) is 0.401. The van der Waals surface area contributed by atoms with Gasteiger partial charge in [-0.15, -0.1) is 0 Å². The van der Waals surface area contributed by atoms with Crippen molar-refractivity contribution >= 4 is 23.4 Å². The first-order valence-corrected chi connectivity index (χ1v) is 11.3. The number of nitrogens with zero attached hydrogens (tertiary/aromatic N) is 5. The fraction of sp³-hybridized carbons (Fsp3) is 0.619. The normalized spacial score (nSPS) is 19.1. The van der Waals surface area contributed by atoms with Crippen molar-refractivity contribution in [3.8, 4) is 0 Å². The van der Waals surface area contributed by atoms with Crippen molar-refractivity contribution in [3.05, 3.63) is 23.7 Å². The van der Waals surface area contributed by atoms with Gasteiger partial charge in [0, 0.05) is 32.0 Å². The van der Waals surface area contributed by atoms with Gasteiger partial charge >= 0.3 is 6.18 Å². The SMILES string of the molecule is Cc1nn(C2CCN(C)C2)cc1Nc1ncc(C(F)(F)F)c(NCCCNC(=O)C2COC2)n1. The minimum atomic E-state index is -4.60. The Kier molecular flexibility index (Phi) is 7.22. The molecule has 0 aliphatic carbocycles. The van der Waals surface area contributed by atoms with Crippen LogP contribution in [0.1, 0.15) is 30.1 Å². The number of rotatable bonds is 9. The predicted molar refractivity (Wildman–Crippen MR) is 119 cm³/mol. The van der Waals surface area contributed by atoms with Gasteiger partial charge in [0.25, 0.3) is 0 Å². The Bertz CT molecular complexity index is 1010. The molecule has 2 aromatic heterocycles. The zero-order chi connectivity index (χ0) is 24.3. The van der Waals surface area contributed by atoms with E-state index in [4.69, 9.17) is 4.74 Å². The van der Waals surface area contributed by atoms with Crippen LogP contribution in [-0.2, 0) is 15.7 Å². The zero-order valence-electron chi connectivity index (χ0n) is 19.2. The maximum atomic E-state index is 13.5. The maximum absolute atomic E-state index is 13.5. The quantitative estimate of drug-likeness (QED) is 0.467. The van der Waals surface area contributed by atoms with E-state index in [1.54, 1.807) is 0 Å². The standard InChI is InChI=1S/C21H29F3N8O2/c1-13-17(10-32(30-13)15-4-7-31(2)9-15)28-20-27-8-16(21(22,23)24)18(29-20)25-5-3-6-26-19(33)14-11-34-12-14/h8,10,14-15H,3-7,9,11-12H2,1-2H3,(H,26,33)(H2,25,27,28,29). The average Bonchev–Trinajstić information content (AvgIpc) is 3.31. The number of hydrogen-bond acceptors (Lipinski definition) is 8. The third-order valence-corrected chi connectivity index (χ3v) is 5.95. The van der Waals surface area contributed by atoms with Crippen LogP contribution >= 0.6 is 0 Å². The highest BCUT2D eigenvalue weighted by Gasteiger charge is 2.35. The second-order valence-corrected chi connectivity index (χ2v) is 8.70. The smallest absolute Gasteiger partial charge is 0.380 e. The van der Waals surface area contributed by atoms with Crippen LogP contribution < -0.4 is 16.0 Å². The molecule has 186 valence electrons. The number of likely N-dealkylation sites (tertiary alicyclic amines) is 1. The van der Waals surface area contributed by atoms with E-state index in [1.165, 1.54) is 0 Å². The number of anilines is 3. The monoisotopic (exact) mass is 482 g/mol. The van der Waals surface area contributed by atoms with Crippen molar-refractivity contribution in [1.29, 1.82) is 0 Å². The van der Waals surface area contributed by atoms with Crippen LogP contribution in [0.25, 0.3) is 0 Å². The first-order valence-electron chi connectivity index (χ1n) is 11.3. The van der Waals surface area contributed by atoms with Gasteiger partial charge in [-0.3, -0.25) is 9.48 Å². The fourth-order valence-corrected chi connectivity index (χ4v) is 3.86. The van der Waals surface area contributed by atoms with Crippen molar-refractivity contribution in [2.45, 2.75) is 32.0 Å². The summed E-state index contributed by atoms with van der Waals surface area (Å²) in [4.78, 5) is 22.0. The van der Waals surface area contributed by atoms with E-state index in [1.807, 2.05) is 17.8 Å². The number of carbonyl (C=O) groups is 1. The van der Waals surface area contributed by atoms with Crippen molar-refractivity contribution in [2.75, 3.05) is 57.1 Å². The molecule has 2 aromatic rings. The Morgan fingerprint density at radius 1 is 1.29 bits per heavy atom. The van der Waals surface area contributed by atoms with E-state index < -0.39 is 11.7 Å². The second-order valence-electron chi connectivity index (χ2n) is 8.70. The molecule has 0 bridgehead atoms. The van der Waals surface area contributed by atoms with Crippen LogP contribution in [0.4, 0.5) is 30.6 Å². The largest absolute Gasteiger partial charge is 0.421 e. The summed E-state index contributed by atoms with van der Waals surface area (Å²) in [6.45, 7) is 5.06. The minimum absolute atomic E-state index is 0.0416. The molecule has 0 spiro atoms. The van der Waals surface area contributed by atoms with E-state index in [2.05, 4.69) is 43.0 Å². The van der Waals surface area contributed by atoms with Crippen molar-refractivity contribution in [2.24, 2.45) is 5.92 Å². The summed E-state index contributed by atoms with van der Waals surface area (Å²) >= 11 is 0. The number of likely N-dealkylation sites (N-methyl/N-ethyl adjacent to an activating group) is 1. The lowest BCUT2D eigenvalue weighted by atomic mass is 10.1. The Hall–Kier alpha value is -2.93. The number of amides is 1. The van der Waals surface area contributed by atoms with Gasteiger partial charge in [0.1, 0.15) is 11.4 Å². The molecule has 10 nitrogen and oxygen atoms in total. The number of halogens is 3. The van der Waals surface area contributed by atoms with Gasteiger partial charge in [-0.05, 0) is 33.4 Å². The Morgan fingerprint density at radius 3 is 2.74 bits per heavy atom. The number of aromatic nitrogens is 4. The summed E-state index contributed by atoms with van der Waals surface area (Å²) in [6.07, 6.45) is -0.582. The van der Waals surface area contributed by atoms with E-state index in [9.17, 15) is 18.0 Å². The Balaban J connectivity index is 1.39. The summed E-state index contributed by atoms with van der Waals surface area (Å²) in [5.74, 6) is -0.509. The summed E-state index contributed by atoms with van der Waals surface area (Å²) in [7, 11) is 2.05. The molecule has 2 aliphatic rings. The van der Waals surface area contributed by atoms with Gasteiger partial charge in [0.2, 0.25) is 11.9 Å². The van der Waals surface area contributed by atoms with Crippen molar-refractivity contribution < 1.29 is 22.7 Å². The summed E-state index contributed by atoms with van der Waals surface area (Å²) in [5, 5.41) is 13.0. The number of ether oxygens (including phenoxy) is 1. The molecular weight excluding hydrogens is 453 g/mol. The molecule has 1 unspecified atom stereocenters. The van der Waals surface area contributed by atoms with E-state index in [0.29, 0.717) is 37.6 Å². The highest BCUT2D eigenvalue weighted by molar-refractivity contribution is 5.79. The molecule has 2 fully saturated rings. The minimum Gasteiger partial charge on any atom is -0.380 e. The first-order chi connectivity index (χ1) is 16.2. The highest BCUT2D eigenvalue weighted by Crippen LogP contribution is 2.34. The van der Waals surface area contributed by atoms with Gasteiger partial charge in [-0.25, -0.2) is 4.98 Å². The van der Waals surface area contributed by atoms with Gasteiger partial charge < -0.3 is 25.6 Å². The first kappa shape index (κ1) is 24.2. The number of nitrogens with one attached hydrogen (secondary N) is 3. The average molecular weight is 483 g/mol. The summed E-state index contributed by atoms with van der Waals surface area (Å²) in [6, 6.07) is 0.252. The lowest BCUT2D eigenvalue weighted by Crippen LogP contribution is -2.42. The zero-order valence-corrected chi connectivity index (χ0v) is 19.2. The lowest BCUT2D eigenvalue weighted by Gasteiger charge is -2.24. The molecule has 2 saturated heterocycles. The topological polar surface area (TPSA) is 109 Å². The molecule has 4 rings (SSSR count). The molecule has 4 heterocycles. The Labute approximate surface area is 195 Å². The summed E-state index contributed by atoms with van der Waals surface area (Å²) < 4.78 is 47.3. The van der Waals surface area contributed by atoms with Crippen LogP contribution in [0.5, 0.6) is 0 Å². The van der Waals surface area contributed by atoms with Crippen LogP contribution in [0.15, 0.2) is 12.4 Å². The lowest BCUT2D eigenvalue weighted by molar-refractivity contribution is -0.139. The molecule has 3 N–H and O–H groups in total. The molecule has 34 heavy (non-hydrogen) atoms. The van der Waals surface area contributed by atoms with Crippen molar-refractivity contribution in [3.63, 3.8) is 0 Å². The van der Waals surface area contributed by atoms with E-state index in [0.717, 1.165) is 25.7 Å². The molecule has 2 aliphatic heterocycles. The van der Waals surface area contributed by atoms with E-state index in [-0.39, 0.29) is 36.2 Å². The second kappa shape index (κ2) is 10.1. The third kappa shape index (κ3) is 5.76. The van der Waals surface area contributed by atoms with Crippen LogP contribution in [-0.4, -0.2) is 77.0 Å². The fourth-order valence-electron chi connectivity index (χ4n) is 3.86. The van der Waals surface area contributed by atoms with Crippen LogP contribution in [0.2, 0.25) is 0 Å². The molecular formula is C21H29F3N8O2. The molecule has 13 heteroatoms. The molecule has 0 saturated carbocycles. The van der Waals surface area contributed by atoms with Crippen LogP contribution in [0, 0.1) is 12.8 Å². The van der Waals surface area contributed by atoms with Crippen LogP contribution in [0.3, 0.4) is 0 Å². The number of alkyl halides is 3. The predicted octanol–water partition coefficient (Wildman–Crippen LogP) is 2.19. The van der Waals surface area contributed by atoms with Gasteiger partial charge in [0.15, 0.2) is 0 Å². The van der Waals surface area contributed by atoms with Gasteiger partial charge in [-0.1, -0.05) is 0 Å². The third-order valence-electron chi connectivity index (χ3n) is 5.95.